The third-order valence-corrected chi connectivity index (χ3v) is 2.89. The molecule has 1 aromatic rings. The molecule has 0 radical (unpaired) electrons. The molecule has 1 aliphatic carbocycles. The van der Waals surface area contributed by atoms with Crippen LogP contribution in [0.2, 0.25) is 0 Å². The van der Waals surface area contributed by atoms with E-state index in [4.69, 9.17) is 10.5 Å². The highest BCUT2D eigenvalue weighted by atomic mass is 35.5. The highest BCUT2D eigenvalue weighted by Crippen LogP contribution is 2.39. The fourth-order valence-corrected chi connectivity index (χ4v) is 1.87. The number of nitrogens with two attached hydrogens (primary N) is 1. The van der Waals surface area contributed by atoms with Crippen LogP contribution in [0.15, 0.2) is 18.2 Å². The van der Waals surface area contributed by atoms with Crippen LogP contribution in [0, 0.1) is 11.7 Å². The van der Waals surface area contributed by atoms with E-state index in [1.807, 2.05) is 6.07 Å². The predicted molar refractivity (Wildman–Crippen MR) is 64.5 cm³/mol. The summed E-state index contributed by atoms with van der Waals surface area (Å²) < 4.78 is 18.4. The first kappa shape index (κ1) is 13.3. The van der Waals surface area contributed by atoms with Gasteiger partial charge < -0.3 is 10.5 Å². The van der Waals surface area contributed by atoms with Gasteiger partial charge in [0.15, 0.2) is 11.6 Å². The SMILES string of the molecule is COc1c(F)cccc1[C@H](N)CC1CC1.Cl. The van der Waals surface area contributed by atoms with E-state index in [1.54, 1.807) is 6.07 Å². The molecule has 2 N–H and O–H groups in total. The molecule has 0 bridgehead atoms. The lowest BCUT2D eigenvalue weighted by Gasteiger charge is -2.15. The molecule has 1 aromatic carbocycles. The second-order valence-corrected chi connectivity index (χ2v) is 4.15. The van der Waals surface area contributed by atoms with Crippen molar-refractivity contribution in [2.24, 2.45) is 11.7 Å². The summed E-state index contributed by atoms with van der Waals surface area (Å²) in [7, 11) is 1.48. The van der Waals surface area contributed by atoms with Crippen LogP contribution in [0.3, 0.4) is 0 Å². The molecule has 0 aliphatic heterocycles. The normalized spacial score (nSPS) is 16.4. The summed E-state index contributed by atoms with van der Waals surface area (Å²) in [5.41, 5.74) is 6.82. The highest BCUT2D eigenvalue weighted by Gasteiger charge is 2.26. The minimum Gasteiger partial charge on any atom is -0.493 e. The van der Waals surface area contributed by atoms with E-state index in [-0.39, 0.29) is 24.3 Å². The van der Waals surface area contributed by atoms with Gasteiger partial charge in [-0.2, -0.15) is 0 Å². The number of rotatable bonds is 4. The van der Waals surface area contributed by atoms with Gasteiger partial charge in [0.05, 0.1) is 7.11 Å². The maximum Gasteiger partial charge on any atom is 0.165 e. The maximum absolute atomic E-state index is 13.4. The predicted octanol–water partition coefficient (Wildman–Crippen LogP) is 3.06. The number of para-hydroxylation sites is 1. The molecule has 1 fully saturated rings. The van der Waals surface area contributed by atoms with Crippen LogP contribution in [0.5, 0.6) is 5.75 Å². The molecule has 90 valence electrons. The van der Waals surface area contributed by atoms with E-state index >= 15 is 0 Å². The van der Waals surface area contributed by atoms with Gasteiger partial charge in [-0.3, -0.25) is 0 Å². The molecule has 0 aromatic heterocycles. The average Bonchev–Trinajstić information content (AvgIpc) is 3.01. The van der Waals surface area contributed by atoms with Crippen molar-refractivity contribution in [1.82, 2.24) is 0 Å². The number of hydrogen-bond donors (Lipinski definition) is 1. The van der Waals surface area contributed by atoms with Gasteiger partial charge in [-0.1, -0.05) is 25.0 Å². The zero-order chi connectivity index (χ0) is 10.8. The number of hydrogen-bond acceptors (Lipinski definition) is 2. The van der Waals surface area contributed by atoms with Gasteiger partial charge in [-0.05, 0) is 18.4 Å². The van der Waals surface area contributed by atoms with Crippen molar-refractivity contribution in [1.29, 1.82) is 0 Å². The van der Waals surface area contributed by atoms with E-state index in [9.17, 15) is 4.39 Å². The lowest BCUT2D eigenvalue weighted by Crippen LogP contribution is -2.12. The lowest BCUT2D eigenvalue weighted by molar-refractivity contribution is 0.375. The van der Waals surface area contributed by atoms with E-state index < -0.39 is 0 Å². The molecule has 1 aliphatic rings. The fraction of sp³-hybridized carbons (Fsp3) is 0.500. The van der Waals surface area contributed by atoms with Gasteiger partial charge in [0, 0.05) is 11.6 Å². The van der Waals surface area contributed by atoms with Gasteiger partial charge in [-0.15, -0.1) is 12.4 Å². The van der Waals surface area contributed by atoms with E-state index in [1.165, 1.54) is 26.0 Å². The Kier molecular flexibility index (Phi) is 4.56. The summed E-state index contributed by atoms with van der Waals surface area (Å²) in [5, 5.41) is 0. The second-order valence-electron chi connectivity index (χ2n) is 4.15. The third kappa shape index (κ3) is 2.86. The molecular formula is C12H17ClFNO. The third-order valence-electron chi connectivity index (χ3n) is 2.89. The average molecular weight is 246 g/mol. The molecule has 0 spiro atoms. The highest BCUT2D eigenvalue weighted by molar-refractivity contribution is 5.85. The largest absolute Gasteiger partial charge is 0.493 e. The molecule has 2 rings (SSSR count). The van der Waals surface area contributed by atoms with Crippen LogP contribution in [0.1, 0.15) is 30.9 Å². The van der Waals surface area contributed by atoms with E-state index in [2.05, 4.69) is 0 Å². The molecule has 0 amide bonds. The Morgan fingerprint density at radius 3 is 2.75 bits per heavy atom. The monoisotopic (exact) mass is 245 g/mol. The van der Waals surface area contributed by atoms with Crippen LogP contribution in [-0.2, 0) is 0 Å². The summed E-state index contributed by atoms with van der Waals surface area (Å²) in [6.45, 7) is 0. The lowest BCUT2D eigenvalue weighted by atomic mass is 10.0. The van der Waals surface area contributed by atoms with Crippen molar-refractivity contribution in [3.05, 3.63) is 29.6 Å². The van der Waals surface area contributed by atoms with Crippen molar-refractivity contribution in [3.63, 3.8) is 0 Å². The molecule has 0 heterocycles. The van der Waals surface area contributed by atoms with Crippen molar-refractivity contribution in [2.45, 2.75) is 25.3 Å². The number of benzene rings is 1. The molecular weight excluding hydrogens is 229 g/mol. The van der Waals surface area contributed by atoms with Crippen LogP contribution in [-0.4, -0.2) is 7.11 Å². The number of ether oxygens (including phenoxy) is 1. The van der Waals surface area contributed by atoms with E-state index in [0.717, 1.165) is 17.9 Å². The van der Waals surface area contributed by atoms with Gasteiger partial charge in [0.1, 0.15) is 0 Å². The molecule has 1 atom stereocenters. The quantitative estimate of drug-likeness (QED) is 0.885. The minimum atomic E-state index is -0.332. The van der Waals surface area contributed by atoms with Gasteiger partial charge >= 0.3 is 0 Å². The summed E-state index contributed by atoms with van der Waals surface area (Å²) in [4.78, 5) is 0. The topological polar surface area (TPSA) is 35.2 Å². The van der Waals surface area contributed by atoms with Crippen molar-refractivity contribution >= 4 is 12.4 Å². The Morgan fingerprint density at radius 1 is 1.50 bits per heavy atom. The van der Waals surface area contributed by atoms with Crippen molar-refractivity contribution in [3.8, 4) is 5.75 Å². The summed E-state index contributed by atoms with van der Waals surface area (Å²) >= 11 is 0. The Hall–Kier alpha value is -0.800. The zero-order valence-electron chi connectivity index (χ0n) is 9.28. The van der Waals surface area contributed by atoms with Crippen LogP contribution in [0.25, 0.3) is 0 Å². The fourth-order valence-electron chi connectivity index (χ4n) is 1.87. The summed E-state index contributed by atoms with van der Waals surface area (Å²) in [5.74, 6) is 0.694. The van der Waals surface area contributed by atoms with Crippen molar-refractivity contribution in [2.75, 3.05) is 7.11 Å². The summed E-state index contributed by atoms with van der Waals surface area (Å²) in [6, 6.07) is 4.81. The minimum absolute atomic E-state index is 0. The number of methoxy groups -OCH3 is 1. The van der Waals surface area contributed by atoms with Crippen LogP contribution < -0.4 is 10.5 Å². The smallest absolute Gasteiger partial charge is 0.165 e. The summed E-state index contributed by atoms with van der Waals surface area (Å²) in [6.07, 6.45) is 3.44. The molecule has 4 heteroatoms. The zero-order valence-corrected chi connectivity index (χ0v) is 10.1. The Labute approximate surface area is 101 Å². The maximum atomic E-state index is 13.4. The Balaban J connectivity index is 0.00000128. The molecule has 0 saturated heterocycles. The van der Waals surface area contributed by atoms with Crippen molar-refractivity contribution < 1.29 is 9.13 Å². The van der Waals surface area contributed by atoms with Gasteiger partial charge in [0.2, 0.25) is 0 Å². The molecule has 16 heavy (non-hydrogen) atoms. The van der Waals surface area contributed by atoms with Gasteiger partial charge in [-0.25, -0.2) is 4.39 Å². The molecule has 1 saturated carbocycles. The molecule has 2 nitrogen and oxygen atoms in total. The van der Waals surface area contributed by atoms with Crippen LogP contribution in [0.4, 0.5) is 4.39 Å². The Bertz CT molecular complexity index is 355. The second kappa shape index (κ2) is 5.51. The first-order valence-electron chi connectivity index (χ1n) is 5.30. The standard InChI is InChI=1S/C12H16FNO.ClH/c1-15-12-9(3-2-4-10(12)13)11(14)7-8-5-6-8;/h2-4,8,11H,5-7,14H2,1H3;1H/t11-;/m1./s1. The first-order chi connectivity index (χ1) is 7.22. The van der Waals surface area contributed by atoms with Gasteiger partial charge in [0.25, 0.3) is 0 Å². The van der Waals surface area contributed by atoms with E-state index in [0.29, 0.717) is 5.75 Å². The van der Waals surface area contributed by atoms with Crippen LogP contribution >= 0.6 is 12.4 Å². The first-order valence-corrected chi connectivity index (χ1v) is 5.30. The molecule has 0 unspecified atom stereocenters. The number of halogens is 2. The Morgan fingerprint density at radius 2 is 2.19 bits per heavy atom.